The fraction of sp³-hybridized carbons (Fsp3) is 0.500. The molecule has 1 aromatic rings. The van der Waals surface area contributed by atoms with Crippen molar-refractivity contribution in [1.82, 2.24) is 0 Å². The maximum absolute atomic E-state index is 10.7. The maximum atomic E-state index is 10.7. The van der Waals surface area contributed by atoms with E-state index in [1.54, 1.807) is 12.1 Å². The molecule has 0 amide bonds. The van der Waals surface area contributed by atoms with E-state index < -0.39 is 4.92 Å². The molecule has 0 saturated carbocycles. The highest BCUT2D eigenvalue weighted by Gasteiger charge is 2.12. The lowest BCUT2D eigenvalue weighted by molar-refractivity contribution is -0.385. The van der Waals surface area contributed by atoms with Crippen LogP contribution in [0.3, 0.4) is 0 Å². The van der Waals surface area contributed by atoms with Gasteiger partial charge in [-0.2, -0.15) is 0 Å². The van der Waals surface area contributed by atoms with E-state index in [1.807, 2.05) is 0 Å². The van der Waals surface area contributed by atoms with Crippen molar-refractivity contribution in [3.05, 3.63) is 32.8 Å². The fourth-order valence-electron chi connectivity index (χ4n) is 1.80. The molecule has 0 spiro atoms. The number of nitrogens with zero attached hydrogens (tertiary/aromatic N) is 1. The van der Waals surface area contributed by atoms with Gasteiger partial charge in [0.15, 0.2) is 0 Å². The molecular formula is C12H17BrN2O2. The maximum Gasteiger partial charge on any atom is 0.283 e. The van der Waals surface area contributed by atoms with Crippen LogP contribution in [0.4, 0.5) is 11.4 Å². The number of benzene rings is 1. The molecule has 1 rings (SSSR count). The number of nitrogens with one attached hydrogen (secondary N) is 1. The third kappa shape index (κ3) is 4.34. The van der Waals surface area contributed by atoms with Crippen LogP contribution in [-0.4, -0.2) is 11.0 Å². The van der Waals surface area contributed by atoms with Crippen molar-refractivity contribution in [2.24, 2.45) is 5.92 Å². The predicted molar refractivity (Wildman–Crippen MR) is 73.3 cm³/mol. The molecule has 0 aliphatic heterocycles. The van der Waals surface area contributed by atoms with Crippen LogP contribution in [0.5, 0.6) is 0 Å². The van der Waals surface area contributed by atoms with Gasteiger partial charge in [0, 0.05) is 17.8 Å². The summed E-state index contributed by atoms with van der Waals surface area (Å²) in [5, 5.41) is 14.0. The van der Waals surface area contributed by atoms with Crippen LogP contribution < -0.4 is 5.32 Å². The van der Waals surface area contributed by atoms with Gasteiger partial charge >= 0.3 is 0 Å². The molecule has 1 atom stereocenters. The van der Waals surface area contributed by atoms with Crippen molar-refractivity contribution in [1.29, 1.82) is 0 Å². The Hall–Kier alpha value is -1.10. The Labute approximate surface area is 110 Å². The third-order valence-electron chi connectivity index (χ3n) is 2.38. The van der Waals surface area contributed by atoms with E-state index in [0.29, 0.717) is 16.4 Å². The number of nitro benzene ring substituents is 1. The van der Waals surface area contributed by atoms with E-state index in [1.165, 1.54) is 6.07 Å². The van der Waals surface area contributed by atoms with Gasteiger partial charge in [0.25, 0.3) is 5.69 Å². The highest BCUT2D eigenvalue weighted by atomic mass is 79.9. The molecule has 0 aliphatic rings. The first kappa shape index (κ1) is 14.0. The first-order valence-electron chi connectivity index (χ1n) is 5.60. The van der Waals surface area contributed by atoms with Crippen molar-refractivity contribution in [3.8, 4) is 0 Å². The second-order valence-corrected chi connectivity index (χ2v) is 5.45. The molecule has 0 bridgehead atoms. The van der Waals surface area contributed by atoms with Crippen LogP contribution in [0.25, 0.3) is 0 Å². The highest BCUT2D eigenvalue weighted by Crippen LogP contribution is 2.28. The minimum Gasteiger partial charge on any atom is -0.383 e. The van der Waals surface area contributed by atoms with Gasteiger partial charge in [-0.1, -0.05) is 13.8 Å². The minimum atomic E-state index is -0.397. The molecule has 4 nitrogen and oxygen atoms in total. The number of hydrogen-bond donors (Lipinski definition) is 1. The molecule has 0 aromatic heterocycles. The summed E-state index contributed by atoms with van der Waals surface area (Å²) < 4.78 is 0.504. The fourth-order valence-corrected chi connectivity index (χ4v) is 2.32. The van der Waals surface area contributed by atoms with E-state index >= 15 is 0 Å². The second kappa shape index (κ2) is 6.00. The molecule has 1 unspecified atom stereocenters. The summed E-state index contributed by atoms with van der Waals surface area (Å²) in [5.74, 6) is 0.624. The topological polar surface area (TPSA) is 55.2 Å². The number of rotatable bonds is 5. The van der Waals surface area contributed by atoms with Gasteiger partial charge in [-0.15, -0.1) is 0 Å². The predicted octanol–water partition coefficient (Wildman–Crippen LogP) is 4.20. The summed E-state index contributed by atoms with van der Waals surface area (Å²) in [7, 11) is 0. The Morgan fingerprint density at radius 1 is 1.41 bits per heavy atom. The lowest BCUT2D eigenvalue weighted by Gasteiger charge is -2.17. The standard InChI is InChI=1S/C12H17BrN2O2/c1-8(2)6-9(3)14-10-4-5-12(15(16)17)11(13)7-10/h4-5,7-9,14H,6H2,1-3H3. The number of halogens is 1. The van der Waals surface area contributed by atoms with Gasteiger partial charge in [0.1, 0.15) is 0 Å². The van der Waals surface area contributed by atoms with E-state index in [4.69, 9.17) is 0 Å². The quantitative estimate of drug-likeness (QED) is 0.655. The smallest absolute Gasteiger partial charge is 0.283 e. The van der Waals surface area contributed by atoms with Crippen LogP contribution in [-0.2, 0) is 0 Å². The minimum absolute atomic E-state index is 0.0899. The summed E-state index contributed by atoms with van der Waals surface area (Å²) in [6.07, 6.45) is 1.06. The molecule has 0 radical (unpaired) electrons. The molecule has 94 valence electrons. The van der Waals surface area contributed by atoms with Gasteiger partial charge in [0.05, 0.1) is 9.40 Å². The van der Waals surface area contributed by atoms with E-state index in [-0.39, 0.29) is 5.69 Å². The van der Waals surface area contributed by atoms with Gasteiger partial charge in [-0.3, -0.25) is 10.1 Å². The van der Waals surface area contributed by atoms with Crippen molar-refractivity contribution in [3.63, 3.8) is 0 Å². The third-order valence-corrected chi connectivity index (χ3v) is 3.02. The van der Waals surface area contributed by atoms with Crippen molar-refractivity contribution >= 4 is 27.3 Å². The van der Waals surface area contributed by atoms with Crippen LogP contribution in [0.15, 0.2) is 22.7 Å². The SMILES string of the molecule is CC(C)CC(C)Nc1ccc([N+](=O)[O-])c(Br)c1. The number of nitro groups is 1. The summed E-state index contributed by atoms with van der Waals surface area (Å²) in [5.41, 5.74) is 0.989. The monoisotopic (exact) mass is 300 g/mol. The van der Waals surface area contributed by atoms with Gasteiger partial charge in [-0.25, -0.2) is 0 Å². The van der Waals surface area contributed by atoms with E-state index in [0.717, 1.165) is 12.1 Å². The lowest BCUT2D eigenvalue weighted by Crippen LogP contribution is -2.17. The van der Waals surface area contributed by atoms with E-state index in [9.17, 15) is 10.1 Å². The molecule has 0 aliphatic carbocycles. The average molecular weight is 301 g/mol. The van der Waals surface area contributed by atoms with Crippen LogP contribution >= 0.6 is 15.9 Å². The summed E-state index contributed by atoms with van der Waals surface area (Å²) in [4.78, 5) is 10.3. The Morgan fingerprint density at radius 2 is 2.06 bits per heavy atom. The molecule has 0 heterocycles. The van der Waals surface area contributed by atoms with Crippen molar-refractivity contribution in [2.45, 2.75) is 33.2 Å². The zero-order valence-electron chi connectivity index (χ0n) is 10.2. The Balaban J connectivity index is 2.74. The second-order valence-electron chi connectivity index (χ2n) is 4.60. The number of anilines is 1. The van der Waals surface area contributed by atoms with Crippen molar-refractivity contribution < 1.29 is 4.92 Å². The van der Waals surface area contributed by atoms with E-state index in [2.05, 4.69) is 42.0 Å². The number of hydrogen-bond acceptors (Lipinski definition) is 3. The summed E-state index contributed by atoms with van der Waals surface area (Å²) in [6.45, 7) is 6.45. The summed E-state index contributed by atoms with van der Waals surface area (Å²) in [6, 6.07) is 5.34. The highest BCUT2D eigenvalue weighted by molar-refractivity contribution is 9.10. The Kier molecular flexibility index (Phi) is 4.93. The molecular weight excluding hydrogens is 284 g/mol. The average Bonchev–Trinajstić information content (AvgIpc) is 2.15. The molecule has 17 heavy (non-hydrogen) atoms. The lowest BCUT2D eigenvalue weighted by atomic mass is 10.1. The molecule has 1 N–H and O–H groups in total. The van der Waals surface area contributed by atoms with Gasteiger partial charge in [-0.05, 0) is 47.3 Å². The Morgan fingerprint density at radius 3 is 2.53 bits per heavy atom. The van der Waals surface area contributed by atoms with Crippen LogP contribution in [0, 0.1) is 16.0 Å². The van der Waals surface area contributed by atoms with Crippen LogP contribution in [0.1, 0.15) is 27.2 Å². The molecule has 0 fully saturated rings. The van der Waals surface area contributed by atoms with Crippen molar-refractivity contribution in [2.75, 3.05) is 5.32 Å². The normalized spacial score (nSPS) is 12.5. The van der Waals surface area contributed by atoms with Crippen LogP contribution in [0.2, 0.25) is 0 Å². The van der Waals surface area contributed by atoms with Gasteiger partial charge < -0.3 is 5.32 Å². The Bertz CT molecular complexity index is 407. The molecule has 1 aromatic carbocycles. The largest absolute Gasteiger partial charge is 0.383 e. The zero-order chi connectivity index (χ0) is 13.0. The first-order valence-corrected chi connectivity index (χ1v) is 6.40. The molecule has 0 saturated heterocycles. The van der Waals surface area contributed by atoms with Gasteiger partial charge in [0.2, 0.25) is 0 Å². The first-order chi connectivity index (χ1) is 7.90. The summed E-state index contributed by atoms with van der Waals surface area (Å²) >= 11 is 3.21. The molecule has 5 heteroatoms. The zero-order valence-corrected chi connectivity index (χ0v) is 11.8.